The van der Waals surface area contributed by atoms with E-state index < -0.39 is 15.8 Å². The lowest BCUT2D eigenvalue weighted by Crippen LogP contribution is -2.17. The van der Waals surface area contributed by atoms with Gasteiger partial charge in [0.25, 0.3) is 0 Å². The molecule has 1 aliphatic rings. The Morgan fingerprint density at radius 2 is 2.10 bits per heavy atom. The summed E-state index contributed by atoms with van der Waals surface area (Å²) in [5.74, 6) is -1.56. The zero-order chi connectivity index (χ0) is 14.9. The molecule has 5 nitrogen and oxygen atoms in total. The van der Waals surface area contributed by atoms with Gasteiger partial charge in [0.05, 0.1) is 27.8 Å². The van der Waals surface area contributed by atoms with Crippen molar-refractivity contribution in [3.8, 4) is 0 Å². The number of aromatic carboxylic acids is 1. The van der Waals surface area contributed by atoms with Gasteiger partial charge in [-0.1, -0.05) is 23.2 Å². The van der Waals surface area contributed by atoms with Gasteiger partial charge in [-0.05, 0) is 24.5 Å². The molecule has 1 saturated heterocycles. The maximum absolute atomic E-state index is 12.3. The van der Waals surface area contributed by atoms with Crippen LogP contribution in [0.4, 0.5) is 0 Å². The van der Waals surface area contributed by atoms with E-state index in [0.717, 1.165) is 6.07 Å². The van der Waals surface area contributed by atoms with Crippen LogP contribution in [0.25, 0.3) is 0 Å². The Morgan fingerprint density at radius 3 is 2.65 bits per heavy atom. The summed E-state index contributed by atoms with van der Waals surface area (Å²) in [6, 6.07) is 2.31. The Kier molecular flexibility index (Phi) is 4.59. The van der Waals surface area contributed by atoms with Crippen molar-refractivity contribution in [2.24, 2.45) is 5.92 Å². The molecule has 0 amide bonds. The van der Waals surface area contributed by atoms with Gasteiger partial charge in [-0.2, -0.15) is 0 Å². The van der Waals surface area contributed by atoms with E-state index in [1.54, 1.807) is 0 Å². The maximum Gasteiger partial charge on any atom is 0.337 e. The maximum atomic E-state index is 12.3. The minimum absolute atomic E-state index is 0.0213. The van der Waals surface area contributed by atoms with E-state index in [0.29, 0.717) is 19.6 Å². The molecule has 0 spiro atoms. The van der Waals surface area contributed by atoms with Gasteiger partial charge in [0.1, 0.15) is 0 Å². The first-order valence-corrected chi connectivity index (χ1v) is 8.25. The molecule has 1 heterocycles. The summed E-state index contributed by atoms with van der Waals surface area (Å²) in [6.07, 6.45) is 0.656. The summed E-state index contributed by atoms with van der Waals surface area (Å²) in [6.45, 7) is 0.910. The third kappa shape index (κ3) is 3.25. The summed E-state index contributed by atoms with van der Waals surface area (Å²) in [5.41, 5.74) is -0.319. The number of sulfone groups is 1. The van der Waals surface area contributed by atoms with E-state index in [1.165, 1.54) is 6.07 Å². The highest BCUT2D eigenvalue weighted by atomic mass is 35.5. The number of rotatable bonds is 4. The number of carboxylic acids is 1. The zero-order valence-electron chi connectivity index (χ0n) is 10.3. The van der Waals surface area contributed by atoms with Crippen LogP contribution in [0, 0.1) is 5.92 Å². The summed E-state index contributed by atoms with van der Waals surface area (Å²) >= 11 is 11.7. The number of carbonyl (C=O) groups is 1. The summed E-state index contributed by atoms with van der Waals surface area (Å²) < 4.78 is 29.8. The SMILES string of the molecule is O=C(O)c1cc(Cl)cc(S(=O)(=O)CC2CCOC2)c1Cl. The number of halogens is 2. The topological polar surface area (TPSA) is 80.7 Å². The standard InChI is InChI=1S/C12H12Cl2O5S/c13-8-3-9(12(15)16)11(14)10(4-8)20(17,18)6-7-1-2-19-5-7/h3-4,7H,1-2,5-6H2,(H,15,16). The van der Waals surface area contributed by atoms with Crippen LogP contribution in [-0.4, -0.2) is 38.5 Å². The third-order valence-corrected chi connectivity index (χ3v) is 5.69. The Balaban J connectivity index is 2.42. The molecule has 1 fully saturated rings. The second-order valence-electron chi connectivity index (χ2n) is 4.58. The van der Waals surface area contributed by atoms with Crippen LogP contribution in [0.15, 0.2) is 17.0 Å². The number of hydrogen-bond acceptors (Lipinski definition) is 4. The zero-order valence-corrected chi connectivity index (χ0v) is 12.6. The van der Waals surface area contributed by atoms with Crippen molar-refractivity contribution in [2.75, 3.05) is 19.0 Å². The Morgan fingerprint density at radius 1 is 1.40 bits per heavy atom. The first-order valence-electron chi connectivity index (χ1n) is 5.84. The van der Waals surface area contributed by atoms with E-state index in [1.807, 2.05) is 0 Å². The minimum Gasteiger partial charge on any atom is -0.478 e. The second kappa shape index (κ2) is 5.89. The fourth-order valence-corrected chi connectivity index (χ4v) is 4.64. The average Bonchev–Trinajstić information content (AvgIpc) is 2.83. The lowest BCUT2D eigenvalue weighted by atomic mass is 10.2. The van der Waals surface area contributed by atoms with Crippen molar-refractivity contribution in [3.63, 3.8) is 0 Å². The van der Waals surface area contributed by atoms with Crippen molar-refractivity contribution in [2.45, 2.75) is 11.3 Å². The monoisotopic (exact) mass is 338 g/mol. The third-order valence-electron chi connectivity index (χ3n) is 3.05. The molecule has 20 heavy (non-hydrogen) atoms. The molecule has 1 unspecified atom stereocenters. The van der Waals surface area contributed by atoms with Crippen molar-refractivity contribution < 1.29 is 23.1 Å². The molecule has 1 atom stereocenters. The highest BCUT2D eigenvalue weighted by molar-refractivity contribution is 7.91. The minimum atomic E-state index is -3.71. The number of hydrogen-bond donors (Lipinski definition) is 1. The predicted octanol–water partition coefficient (Wildman–Crippen LogP) is 2.50. The smallest absolute Gasteiger partial charge is 0.337 e. The summed E-state index contributed by atoms with van der Waals surface area (Å²) in [5, 5.41) is 8.72. The van der Waals surface area contributed by atoms with Crippen molar-refractivity contribution in [1.82, 2.24) is 0 Å². The normalized spacial score (nSPS) is 19.2. The van der Waals surface area contributed by atoms with Crippen molar-refractivity contribution in [3.05, 3.63) is 27.7 Å². The Bertz CT molecular complexity index is 635. The molecule has 1 aliphatic heterocycles. The van der Waals surface area contributed by atoms with Gasteiger partial charge in [0, 0.05) is 11.6 Å². The molecule has 1 aromatic rings. The lowest BCUT2D eigenvalue weighted by Gasteiger charge is -2.12. The van der Waals surface area contributed by atoms with Gasteiger partial charge >= 0.3 is 5.97 Å². The fraction of sp³-hybridized carbons (Fsp3) is 0.417. The van der Waals surface area contributed by atoms with E-state index in [9.17, 15) is 13.2 Å². The van der Waals surface area contributed by atoms with E-state index in [2.05, 4.69) is 0 Å². The summed E-state index contributed by atoms with van der Waals surface area (Å²) in [4.78, 5) is 10.8. The molecule has 110 valence electrons. The van der Waals surface area contributed by atoms with Crippen molar-refractivity contribution in [1.29, 1.82) is 0 Å². The van der Waals surface area contributed by atoms with E-state index >= 15 is 0 Å². The van der Waals surface area contributed by atoms with E-state index in [-0.39, 0.29) is 32.2 Å². The van der Waals surface area contributed by atoms with Gasteiger partial charge in [0.2, 0.25) is 0 Å². The molecular formula is C12H12Cl2O5S. The highest BCUT2D eigenvalue weighted by Crippen LogP contribution is 2.31. The molecule has 0 aliphatic carbocycles. The molecule has 0 aromatic heterocycles. The van der Waals surface area contributed by atoms with Crippen LogP contribution < -0.4 is 0 Å². The summed E-state index contributed by atoms with van der Waals surface area (Å²) in [7, 11) is -3.71. The van der Waals surface area contributed by atoms with Crippen LogP contribution in [0.5, 0.6) is 0 Å². The number of ether oxygens (including phenoxy) is 1. The van der Waals surface area contributed by atoms with Crippen LogP contribution in [0.3, 0.4) is 0 Å². The molecular weight excluding hydrogens is 327 g/mol. The first kappa shape index (κ1) is 15.6. The number of carboxylic acid groups (broad SMARTS) is 1. The quantitative estimate of drug-likeness (QED) is 0.912. The van der Waals surface area contributed by atoms with Gasteiger partial charge in [-0.15, -0.1) is 0 Å². The Labute approximate surface area is 126 Å². The molecule has 1 aromatic carbocycles. The fourth-order valence-electron chi connectivity index (χ4n) is 2.06. The molecule has 0 saturated carbocycles. The average molecular weight is 339 g/mol. The largest absolute Gasteiger partial charge is 0.478 e. The second-order valence-corrected chi connectivity index (χ2v) is 7.40. The lowest BCUT2D eigenvalue weighted by molar-refractivity contribution is 0.0697. The molecule has 8 heteroatoms. The molecule has 0 radical (unpaired) electrons. The van der Waals surface area contributed by atoms with E-state index in [4.69, 9.17) is 33.0 Å². The molecule has 0 bridgehead atoms. The van der Waals surface area contributed by atoms with Gasteiger partial charge < -0.3 is 9.84 Å². The molecule has 1 N–H and O–H groups in total. The van der Waals surface area contributed by atoms with Gasteiger partial charge in [-0.3, -0.25) is 0 Å². The van der Waals surface area contributed by atoms with Crippen molar-refractivity contribution >= 4 is 39.0 Å². The van der Waals surface area contributed by atoms with Gasteiger partial charge in [0.15, 0.2) is 9.84 Å². The van der Waals surface area contributed by atoms with Gasteiger partial charge in [-0.25, -0.2) is 13.2 Å². The van der Waals surface area contributed by atoms with Crippen LogP contribution in [0.2, 0.25) is 10.0 Å². The first-order chi connectivity index (χ1) is 9.31. The molecule has 2 rings (SSSR count). The Hall–Kier alpha value is -0.820. The van der Waals surface area contributed by atoms with Crippen LogP contribution >= 0.6 is 23.2 Å². The van der Waals surface area contributed by atoms with Crippen LogP contribution in [0.1, 0.15) is 16.8 Å². The highest BCUT2D eigenvalue weighted by Gasteiger charge is 2.28. The van der Waals surface area contributed by atoms with Crippen LogP contribution in [-0.2, 0) is 14.6 Å². The predicted molar refractivity (Wildman–Crippen MR) is 74.4 cm³/mol. The number of benzene rings is 1.